The Morgan fingerprint density at radius 3 is 2.65 bits per heavy atom. The van der Waals surface area contributed by atoms with Gasteiger partial charge in [0.2, 0.25) is 0 Å². The van der Waals surface area contributed by atoms with Crippen molar-refractivity contribution in [1.29, 1.82) is 0 Å². The first kappa shape index (κ1) is 10.5. The number of fused-ring (bicyclic) bond motifs is 2. The van der Waals surface area contributed by atoms with Crippen molar-refractivity contribution in [3.8, 4) is 0 Å². The first-order valence-corrected chi connectivity index (χ1v) is 5.85. The molecule has 0 aliphatic heterocycles. The van der Waals surface area contributed by atoms with Crippen molar-refractivity contribution in [3.05, 3.63) is 56.9 Å². The van der Waals surface area contributed by atoms with Gasteiger partial charge in [-0.1, -0.05) is 15.9 Å². The number of halogens is 2. The molecular weight excluding hydrogens is 285 g/mol. The van der Waals surface area contributed by atoms with Crippen molar-refractivity contribution >= 4 is 37.7 Å². The number of benzene rings is 2. The van der Waals surface area contributed by atoms with Crippen LogP contribution in [-0.4, -0.2) is 4.98 Å². The van der Waals surface area contributed by atoms with E-state index >= 15 is 0 Å². The molecule has 1 heterocycles. The smallest absolute Gasteiger partial charge is 0.197 e. The maximum absolute atomic E-state index is 13.1. The molecule has 84 valence electrons. The lowest BCUT2D eigenvalue weighted by atomic mass is 10.1. The van der Waals surface area contributed by atoms with E-state index in [1.807, 2.05) is 6.07 Å². The highest BCUT2D eigenvalue weighted by Crippen LogP contribution is 2.19. The molecule has 4 heteroatoms. The minimum atomic E-state index is -0.403. The average Bonchev–Trinajstić information content (AvgIpc) is 2.30. The molecule has 0 fully saturated rings. The van der Waals surface area contributed by atoms with E-state index in [1.54, 1.807) is 18.2 Å². The number of hydrogen-bond donors (Lipinski definition) is 1. The van der Waals surface area contributed by atoms with Gasteiger partial charge in [0.1, 0.15) is 5.82 Å². The number of hydrogen-bond acceptors (Lipinski definition) is 1. The molecule has 1 N–H and O–H groups in total. The lowest BCUT2D eigenvalue weighted by molar-refractivity contribution is 0.629. The van der Waals surface area contributed by atoms with Crippen molar-refractivity contribution < 1.29 is 4.39 Å². The quantitative estimate of drug-likeness (QED) is 0.631. The van der Waals surface area contributed by atoms with E-state index in [-0.39, 0.29) is 5.43 Å². The van der Waals surface area contributed by atoms with Crippen LogP contribution in [0.3, 0.4) is 0 Å². The van der Waals surface area contributed by atoms with Crippen LogP contribution in [-0.2, 0) is 0 Å². The zero-order valence-electron chi connectivity index (χ0n) is 8.63. The summed E-state index contributed by atoms with van der Waals surface area (Å²) in [5.41, 5.74) is 1.23. The van der Waals surface area contributed by atoms with Crippen LogP contribution in [0.4, 0.5) is 4.39 Å². The van der Waals surface area contributed by atoms with Crippen LogP contribution in [0.25, 0.3) is 21.8 Å². The molecule has 2 nitrogen and oxygen atoms in total. The first-order valence-electron chi connectivity index (χ1n) is 5.06. The van der Waals surface area contributed by atoms with Crippen LogP contribution in [0, 0.1) is 5.82 Å². The van der Waals surface area contributed by atoms with E-state index < -0.39 is 5.82 Å². The van der Waals surface area contributed by atoms with Crippen molar-refractivity contribution in [3.63, 3.8) is 0 Å². The number of aromatic amines is 1. The molecular formula is C13H7BrFNO. The zero-order chi connectivity index (χ0) is 12.0. The normalized spacial score (nSPS) is 11.2. The van der Waals surface area contributed by atoms with E-state index in [0.717, 1.165) is 9.99 Å². The molecule has 0 saturated heterocycles. The Bertz CT molecular complexity index is 794. The third kappa shape index (κ3) is 1.65. The average molecular weight is 292 g/mol. The largest absolute Gasteiger partial charge is 0.354 e. The van der Waals surface area contributed by atoms with Crippen LogP contribution < -0.4 is 5.43 Å². The van der Waals surface area contributed by atoms with Crippen molar-refractivity contribution in [2.75, 3.05) is 0 Å². The van der Waals surface area contributed by atoms with E-state index in [2.05, 4.69) is 20.9 Å². The Morgan fingerprint density at radius 1 is 1.00 bits per heavy atom. The summed E-state index contributed by atoms with van der Waals surface area (Å²) in [5.74, 6) is -0.403. The van der Waals surface area contributed by atoms with E-state index in [1.165, 1.54) is 12.1 Å². The Labute approximate surface area is 104 Å². The second kappa shape index (κ2) is 3.67. The Hall–Kier alpha value is -1.68. The van der Waals surface area contributed by atoms with Gasteiger partial charge in [0, 0.05) is 20.8 Å². The summed E-state index contributed by atoms with van der Waals surface area (Å²) in [5, 5.41) is 0.936. The number of H-pyrrole nitrogens is 1. The van der Waals surface area contributed by atoms with Gasteiger partial charge in [0.05, 0.1) is 5.52 Å². The lowest BCUT2D eigenvalue weighted by Gasteiger charge is -2.03. The highest BCUT2D eigenvalue weighted by atomic mass is 79.9. The summed E-state index contributed by atoms with van der Waals surface area (Å²) in [6.45, 7) is 0. The second-order valence-electron chi connectivity index (χ2n) is 3.83. The van der Waals surface area contributed by atoms with Crippen molar-refractivity contribution in [2.24, 2.45) is 0 Å². The molecule has 0 spiro atoms. The minimum absolute atomic E-state index is 0.152. The van der Waals surface area contributed by atoms with Gasteiger partial charge in [-0.3, -0.25) is 4.79 Å². The summed E-state index contributed by atoms with van der Waals surface area (Å²) >= 11 is 3.35. The number of aromatic nitrogens is 1. The molecule has 1 aromatic heterocycles. The Balaban J connectivity index is 2.57. The highest BCUT2D eigenvalue weighted by Gasteiger charge is 2.06. The summed E-state index contributed by atoms with van der Waals surface area (Å²) < 4.78 is 14.0. The predicted molar refractivity (Wildman–Crippen MR) is 69.7 cm³/mol. The number of nitrogens with one attached hydrogen (secondary N) is 1. The minimum Gasteiger partial charge on any atom is -0.354 e. The van der Waals surface area contributed by atoms with Crippen LogP contribution in [0.5, 0.6) is 0 Å². The van der Waals surface area contributed by atoms with Gasteiger partial charge in [-0.2, -0.15) is 0 Å². The third-order valence-electron chi connectivity index (χ3n) is 2.72. The van der Waals surface area contributed by atoms with E-state index in [4.69, 9.17) is 0 Å². The molecule has 0 amide bonds. The van der Waals surface area contributed by atoms with Crippen molar-refractivity contribution in [1.82, 2.24) is 4.98 Å². The summed E-state index contributed by atoms with van der Waals surface area (Å²) in [7, 11) is 0. The first-order chi connectivity index (χ1) is 8.15. The zero-order valence-corrected chi connectivity index (χ0v) is 10.2. The molecule has 2 aromatic carbocycles. The van der Waals surface area contributed by atoms with Gasteiger partial charge >= 0.3 is 0 Å². The molecule has 0 radical (unpaired) electrons. The maximum atomic E-state index is 13.1. The summed E-state index contributed by atoms with van der Waals surface area (Å²) in [6.07, 6.45) is 0. The second-order valence-corrected chi connectivity index (χ2v) is 4.75. The molecule has 17 heavy (non-hydrogen) atoms. The molecule has 0 unspecified atom stereocenters. The maximum Gasteiger partial charge on any atom is 0.197 e. The molecule has 3 rings (SSSR count). The molecule has 3 aromatic rings. The van der Waals surface area contributed by atoms with Gasteiger partial charge in [-0.25, -0.2) is 4.39 Å². The SMILES string of the molecule is O=c1c2ccc(Br)cc2[nH]c2ccc(F)cc12. The van der Waals surface area contributed by atoms with Gasteiger partial charge in [0.25, 0.3) is 0 Å². The third-order valence-corrected chi connectivity index (χ3v) is 3.22. The summed E-state index contributed by atoms with van der Waals surface area (Å²) in [6, 6.07) is 9.52. The number of pyridine rings is 1. The predicted octanol–water partition coefficient (Wildman–Crippen LogP) is 3.58. The fourth-order valence-electron chi connectivity index (χ4n) is 1.92. The van der Waals surface area contributed by atoms with Gasteiger partial charge in [-0.15, -0.1) is 0 Å². The van der Waals surface area contributed by atoms with Crippen LogP contribution in [0.1, 0.15) is 0 Å². The van der Waals surface area contributed by atoms with Crippen LogP contribution in [0.2, 0.25) is 0 Å². The summed E-state index contributed by atoms with van der Waals surface area (Å²) in [4.78, 5) is 15.3. The highest BCUT2D eigenvalue weighted by molar-refractivity contribution is 9.10. The number of rotatable bonds is 0. The fourth-order valence-corrected chi connectivity index (χ4v) is 2.28. The van der Waals surface area contributed by atoms with Gasteiger partial charge in [0.15, 0.2) is 5.43 Å². The topological polar surface area (TPSA) is 32.9 Å². The van der Waals surface area contributed by atoms with Gasteiger partial charge in [-0.05, 0) is 36.4 Å². The standard InChI is InChI=1S/C13H7BrFNO/c14-7-1-3-9-12(5-7)16-11-4-2-8(15)6-10(11)13(9)17/h1-6H,(H,16,17). The van der Waals surface area contributed by atoms with Crippen LogP contribution >= 0.6 is 15.9 Å². The molecule has 0 aliphatic rings. The Kier molecular flexibility index (Phi) is 2.26. The van der Waals surface area contributed by atoms with Crippen molar-refractivity contribution in [2.45, 2.75) is 0 Å². The monoisotopic (exact) mass is 291 g/mol. The molecule has 0 saturated carbocycles. The van der Waals surface area contributed by atoms with Crippen LogP contribution in [0.15, 0.2) is 45.7 Å². The van der Waals surface area contributed by atoms with Gasteiger partial charge < -0.3 is 4.98 Å². The molecule has 0 bridgehead atoms. The van der Waals surface area contributed by atoms with E-state index in [0.29, 0.717) is 16.3 Å². The molecule has 0 aliphatic carbocycles. The lowest BCUT2D eigenvalue weighted by Crippen LogP contribution is -2.04. The Morgan fingerprint density at radius 2 is 1.82 bits per heavy atom. The fraction of sp³-hybridized carbons (Fsp3) is 0. The van der Waals surface area contributed by atoms with E-state index in [9.17, 15) is 9.18 Å². The molecule has 0 atom stereocenters.